The first-order valence-corrected chi connectivity index (χ1v) is 8.64. The van der Waals surface area contributed by atoms with Gasteiger partial charge in [-0.05, 0) is 33.9 Å². The minimum atomic E-state index is 0.599. The van der Waals surface area contributed by atoms with Crippen molar-refractivity contribution in [2.45, 2.75) is 0 Å². The number of hydrogen-bond acceptors (Lipinski definition) is 2. The molecular weight excluding hydrogens is 316 g/mol. The van der Waals surface area contributed by atoms with E-state index in [0.29, 0.717) is 11.4 Å². The minimum Gasteiger partial charge on any atom is -0.397 e. The maximum atomic E-state index is 6.47. The molecule has 0 saturated carbocycles. The van der Waals surface area contributed by atoms with E-state index in [1.807, 2.05) is 60.7 Å². The molecule has 0 spiro atoms. The molecule has 126 valence electrons. The van der Waals surface area contributed by atoms with Gasteiger partial charge in [0.05, 0.1) is 11.4 Å². The summed E-state index contributed by atoms with van der Waals surface area (Å²) in [5, 5.41) is 0. The zero-order valence-corrected chi connectivity index (χ0v) is 14.4. The summed E-state index contributed by atoms with van der Waals surface area (Å²) in [4.78, 5) is 0. The van der Waals surface area contributed by atoms with Crippen LogP contribution in [0.3, 0.4) is 0 Å². The van der Waals surface area contributed by atoms with Crippen LogP contribution in [0, 0.1) is 0 Å². The van der Waals surface area contributed by atoms with Gasteiger partial charge in [0.2, 0.25) is 0 Å². The summed E-state index contributed by atoms with van der Waals surface area (Å²) in [6.45, 7) is 0. The van der Waals surface area contributed by atoms with E-state index in [2.05, 4.69) is 36.4 Å². The number of hydrogen-bond donors (Lipinski definition) is 2. The van der Waals surface area contributed by atoms with E-state index in [1.165, 1.54) is 0 Å². The van der Waals surface area contributed by atoms with Gasteiger partial charge in [0.1, 0.15) is 0 Å². The van der Waals surface area contributed by atoms with Gasteiger partial charge in [-0.1, -0.05) is 91.0 Å². The molecule has 0 aromatic heterocycles. The molecule has 0 saturated heterocycles. The minimum absolute atomic E-state index is 0.599. The molecule has 0 aliphatic rings. The molecule has 0 unspecified atom stereocenters. The standard InChI is InChI=1S/C24H20N2/c25-21-16-20(17-10-4-1-5-11-17)22(18-12-6-2-7-13-18)23(24(21)26)19-14-8-3-9-15-19/h1-16H,25-26H2. The monoisotopic (exact) mass is 336 g/mol. The van der Waals surface area contributed by atoms with Crippen molar-refractivity contribution in [1.82, 2.24) is 0 Å². The largest absolute Gasteiger partial charge is 0.397 e. The van der Waals surface area contributed by atoms with Crippen LogP contribution in [-0.2, 0) is 0 Å². The van der Waals surface area contributed by atoms with Crippen LogP contribution in [0.4, 0.5) is 11.4 Å². The Morgan fingerprint density at radius 3 is 1.38 bits per heavy atom. The number of nitrogens with two attached hydrogens (primary N) is 2. The number of rotatable bonds is 3. The molecule has 26 heavy (non-hydrogen) atoms. The third-order valence-corrected chi connectivity index (χ3v) is 4.61. The van der Waals surface area contributed by atoms with Crippen LogP contribution in [0.25, 0.3) is 33.4 Å². The Labute approximate surface area is 153 Å². The molecule has 0 amide bonds. The number of benzene rings is 4. The first-order chi connectivity index (χ1) is 12.8. The molecule has 0 atom stereocenters. The van der Waals surface area contributed by atoms with Crippen molar-refractivity contribution < 1.29 is 0 Å². The van der Waals surface area contributed by atoms with E-state index in [0.717, 1.165) is 33.4 Å². The second kappa shape index (κ2) is 6.77. The van der Waals surface area contributed by atoms with Gasteiger partial charge in [-0.3, -0.25) is 0 Å². The summed E-state index contributed by atoms with van der Waals surface area (Å²) in [5.41, 5.74) is 20.5. The molecule has 2 nitrogen and oxygen atoms in total. The number of anilines is 2. The zero-order valence-electron chi connectivity index (χ0n) is 14.4. The van der Waals surface area contributed by atoms with E-state index in [-0.39, 0.29) is 0 Å². The third kappa shape index (κ3) is 2.82. The van der Waals surface area contributed by atoms with Crippen LogP contribution in [0.15, 0.2) is 97.1 Å². The molecule has 4 N–H and O–H groups in total. The average molecular weight is 336 g/mol. The second-order valence-electron chi connectivity index (χ2n) is 6.28. The van der Waals surface area contributed by atoms with E-state index in [9.17, 15) is 0 Å². The Bertz CT molecular complexity index is 1020. The highest BCUT2D eigenvalue weighted by molar-refractivity contribution is 6.03. The van der Waals surface area contributed by atoms with Crippen LogP contribution in [0.1, 0.15) is 0 Å². The highest BCUT2D eigenvalue weighted by Crippen LogP contribution is 2.45. The molecule has 0 aliphatic heterocycles. The smallest absolute Gasteiger partial charge is 0.0634 e. The summed E-state index contributed by atoms with van der Waals surface area (Å²) in [7, 11) is 0. The van der Waals surface area contributed by atoms with Gasteiger partial charge in [-0.2, -0.15) is 0 Å². The van der Waals surface area contributed by atoms with Gasteiger partial charge in [0, 0.05) is 5.56 Å². The Hall–Kier alpha value is -3.52. The predicted octanol–water partition coefficient (Wildman–Crippen LogP) is 5.85. The van der Waals surface area contributed by atoms with Crippen molar-refractivity contribution in [1.29, 1.82) is 0 Å². The van der Waals surface area contributed by atoms with E-state index < -0.39 is 0 Å². The van der Waals surface area contributed by atoms with Crippen LogP contribution < -0.4 is 11.5 Å². The van der Waals surface area contributed by atoms with Crippen LogP contribution in [-0.4, -0.2) is 0 Å². The van der Waals surface area contributed by atoms with Crippen molar-refractivity contribution in [3.05, 3.63) is 97.1 Å². The highest BCUT2D eigenvalue weighted by atomic mass is 14.7. The van der Waals surface area contributed by atoms with E-state index >= 15 is 0 Å². The van der Waals surface area contributed by atoms with Gasteiger partial charge < -0.3 is 11.5 Å². The molecule has 4 aromatic rings. The fourth-order valence-electron chi connectivity index (χ4n) is 3.37. The van der Waals surface area contributed by atoms with Crippen molar-refractivity contribution in [3.63, 3.8) is 0 Å². The summed E-state index contributed by atoms with van der Waals surface area (Å²) in [6, 6.07) is 32.8. The Balaban J connectivity index is 2.12. The van der Waals surface area contributed by atoms with Gasteiger partial charge in [-0.15, -0.1) is 0 Å². The summed E-state index contributed by atoms with van der Waals surface area (Å²) >= 11 is 0. The lowest BCUT2D eigenvalue weighted by molar-refractivity contribution is 1.55. The molecule has 0 aliphatic carbocycles. The van der Waals surface area contributed by atoms with Gasteiger partial charge >= 0.3 is 0 Å². The SMILES string of the molecule is Nc1cc(-c2ccccc2)c(-c2ccccc2)c(-c2ccccc2)c1N. The van der Waals surface area contributed by atoms with E-state index in [1.54, 1.807) is 0 Å². The topological polar surface area (TPSA) is 52.0 Å². The quantitative estimate of drug-likeness (QED) is 0.461. The summed E-state index contributed by atoms with van der Waals surface area (Å²) < 4.78 is 0. The molecule has 0 bridgehead atoms. The maximum Gasteiger partial charge on any atom is 0.0634 e. The van der Waals surface area contributed by atoms with Gasteiger partial charge in [-0.25, -0.2) is 0 Å². The van der Waals surface area contributed by atoms with Crippen LogP contribution >= 0.6 is 0 Å². The molecule has 4 aromatic carbocycles. The van der Waals surface area contributed by atoms with Crippen molar-refractivity contribution in [2.24, 2.45) is 0 Å². The molecule has 0 radical (unpaired) electrons. The lowest BCUT2D eigenvalue weighted by Crippen LogP contribution is -2.01. The molecule has 0 heterocycles. The Morgan fingerprint density at radius 1 is 0.462 bits per heavy atom. The normalized spacial score (nSPS) is 10.6. The molecule has 0 fully saturated rings. The predicted molar refractivity (Wildman–Crippen MR) is 112 cm³/mol. The van der Waals surface area contributed by atoms with Crippen molar-refractivity contribution in [2.75, 3.05) is 11.5 Å². The fourth-order valence-corrected chi connectivity index (χ4v) is 3.37. The first kappa shape index (κ1) is 16.0. The third-order valence-electron chi connectivity index (χ3n) is 4.61. The fraction of sp³-hybridized carbons (Fsp3) is 0. The molecule has 4 rings (SSSR count). The lowest BCUT2D eigenvalue weighted by atomic mass is 9.86. The highest BCUT2D eigenvalue weighted by Gasteiger charge is 2.19. The second-order valence-corrected chi connectivity index (χ2v) is 6.28. The lowest BCUT2D eigenvalue weighted by Gasteiger charge is -2.20. The van der Waals surface area contributed by atoms with Crippen molar-refractivity contribution >= 4 is 11.4 Å². The van der Waals surface area contributed by atoms with Gasteiger partial charge in [0.15, 0.2) is 0 Å². The average Bonchev–Trinajstić information content (AvgIpc) is 2.71. The maximum absolute atomic E-state index is 6.47. The van der Waals surface area contributed by atoms with Crippen molar-refractivity contribution in [3.8, 4) is 33.4 Å². The van der Waals surface area contributed by atoms with Crippen LogP contribution in [0.2, 0.25) is 0 Å². The number of nitrogen functional groups attached to an aromatic ring is 2. The summed E-state index contributed by atoms with van der Waals surface area (Å²) in [6.07, 6.45) is 0. The zero-order chi connectivity index (χ0) is 17.9. The van der Waals surface area contributed by atoms with Gasteiger partial charge in [0.25, 0.3) is 0 Å². The molecule has 2 heteroatoms. The Kier molecular flexibility index (Phi) is 4.16. The molecular formula is C24H20N2. The van der Waals surface area contributed by atoms with E-state index in [4.69, 9.17) is 11.5 Å². The Morgan fingerprint density at radius 2 is 0.885 bits per heavy atom. The van der Waals surface area contributed by atoms with Crippen LogP contribution in [0.5, 0.6) is 0 Å². The summed E-state index contributed by atoms with van der Waals surface area (Å²) in [5.74, 6) is 0. The first-order valence-electron chi connectivity index (χ1n) is 8.64.